The maximum atomic E-state index is 11.6. The van der Waals surface area contributed by atoms with E-state index < -0.39 is 23.5 Å². The fraction of sp³-hybridized carbons (Fsp3) is 0.727. The van der Waals surface area contributed by atoms with Gasteiger partial charge in [0.15, 0.2) is 0 Å². The molecule has 0 radical (unpaired) electrons. The molecule has 18 heavy (non-hydrogen) atoms. The van der Waals surface area contributed by atoms with E-state index in [4.69, 9.17) is 5.11 Å². The number of carbonyl (C=O) groups excluding carboxylic acids is 2. The minimum Gasteiger partial charge on any atom is -0.481 e. The van der Waals surface area contributed by atoms with Gasteiger partial charge in [-0.25, -0.2) is 4.79 Å². The molecule has 3 N–H and O–H groups in total. The summed E-state index contributed by atoms with van der Waals surface area (Å²) in [5, 5.41) is 13.9. The lowest BCUT2D eigenvalue weighted by atomic mass is 9.93. The van der Waals surface area contributed by atoms with Gasteiger partial charge in [-0.3, -0.25) is 9.59 Å². The maximum Gasteiger partial charge on any atom is 0.325 e. The Bertz CT molecular complexity index is 336. The Morgan fingerprint density at radius 1 is 1.28 bits per heavy atom. The van der Waals surface area contributed by atoms with Crippen molar-refractivity contribution >= 4 is 18.0 Å². The fourth-order valence-corrected chi connectivity index (χ4v) is 2.20. The van der Waals surface area contributed by atoms with Crippen molar-refractivity contribution in [1.29, 1.82) is 0 Å². The summed E-state index contributed by atoms with van der Waals surface area (Å²) >= 11 is 0. The van der Waals surface area contributed by atoms with Crippen LogP contribution in [0.3, 0.4) is 0 Å². The predicted molar refractivity (Wildman–Crippen MR) is 62.0 cm³/mol. The SMILES string of the molecule is COC(=O)CNC(=O)NC1(CC(=O)O)CCCC1. The summed E-state index contributed by atoms with van der Waals surface area (Å²) in [5.74, 6) is -1.49. The summed E-state index contributed by atoms with van der Waals surface area (Å²) in [6.45, 7) is -0.231. The van der Waals surface area contributed by atoms with Crippen molar-refractivity contribution in [2.24, 2.45) is 0 Å². The lowest BCUT2D eigenvalue weighted by molar-refractivity contribution is -0.140. The molecule has 7 nitrogen and oxygen atoms in total. The molecular weight excluding hydrogens is 240 g/mol. The lowest BCUT2D eigenvalue weighted by Gasteiger charge is -2.28. The third-order valence-corrected chi connectivity index (χ3v) is 3.05. The molecule has 7 heteroatoms. The minimum atomic E-state index is -0.940. The first kappa shape index (κ1) is 14.3. The van der Waals surface area contributed by atoms with Crippen molar-refractivity contribution in [1.82, 2.24) is 10.6 Å². The molecule has 1 aliphatic rings. The molecule has 0 spiro atoms. The predicted octanol–water partition coefficient (Wildman–Crippen LogP) is 0.246. The number of methoxy groups -OCH3 is 1. The molecular formula is C11H18N2O5. The molecule has 2 amide bonds. The van der Waals surface area contributed by atoms with E-state index in [2.05, 4.69) is 15.4 Å². The number of ether oxygens (including phenoxy) is 1. The zero-order chi connectivity index (χ0) is 13.6. The second-order valence-corrected chi connectivity index (χ2v) is 4.44. The highest BCUT2D eigenvalue weighted by Crippen LogP contribution is 2.32. The number of hydrogen-bond acceptors (Lipinski definition) is 4. The number of esters is 1. The van der Waals surface area contributed by atoms with E-state index in [0.29, 0.717) is 12.8 Å². The standard InChI is InChI=1S/C11H18N2O5/c1-18-9(16)7-12-10(17)13-11(6-8(14)15)4-2-3-5-11/h2-7H2,1H3,(H,14,15)(H2,12,13,17). The summed E-state index contributed by atoms with van der Waals surface area (Å²) in [6.07, 6.45) is 2.98. The number of urea groups is 1. The quantitative estimate of drug-likeness (QED) is 0.613. The topological polar surface area (TPSA) is 105 Å². The molecule has 0 atom stereocenters. The van der Waals surface area contributed by atoms with E-state index in [1.165, 1.54) is 7.11 Å². The second-order valence-electron chi connectivity index (χ2n) is 4.44. The smallest absolute Gasteiger partial charge is 0.325 e. The van der Waals surface area contributed by atoms with E-state index in [9.17, 15) is 14.4 Å². The summed E-state index contributed by atoms with van der Waals surface area (Å²) in [4.78, 5) is 33.2. The first-order valence-electron chi connectivity index (χ1n) is 5.82. The molecule has 0 aromatic carbocycles. The third-order valence-electron chi connectivity index (χ3n) is 3.05. The average molecular weight is 258 g/mol. The number of aliphatic carboxylic acids is 1. The van der Waals surface area contributed by atoms with Crippen LogP contribution in [0, 0.1) is 0 Å². The summed E-state index contributed by atoms with van der Waals surface area (Å²) in [5.41, 5.74) is -0.688. The van der Waals surface area contributed by atoms with Gasteiger partial charge in [0.1, 0.15) is 6.54 Å². The van der Waals surface area contributed by atoms with Crippen molar-refractivity contribution < 1.29 is 24.2 Å². The van der Waals surface area contributed by atoms with Crippen LogP contribution in [-0.2, 0) is 14.3 Å². The molecule has 0 heterocycles. The Labute approximate surface area is 105 Å². The van der Waals surface area contributed by atoms with Crippen molar-refractivity contribution in [2.45, 2.75) is 37.6 Å². The monoisotopic (exact) mass is 258 g/mol. The summed E-state index contributed by atoms with van der Waals surface area (Å²) in [6, 6.07) is -0.538. The molecule has 102 valence electrons. The Morgan fingerprint density at radius 2 is 1.89 bits per heavy atom. The van der Waals surface area contributed by atoms with Crippen LogP contribution in [0.15, 0.2) is 0 Å². The van der Waals surface area contributed by atoms with Gasteiger partial charge >= 0.3 is 18.0 Å². The van der Waals surface area contributed by atoms with Crippen molar-refractivity contribution in [3.8, 4) is 0 Å². The highest BCUT2D eigenvalue weighted by atomic mass is 16.5. The molecule has 0 aromatic rings. The number of carbonyl (C=O) groups is 3. The van der Waals surface area contributed by atoms with E-state index in [1.807, 2.05) is 0 Å². The van der Waals surface area contributed by atoms with Crippen LogP contribution in [0.2, 0.25) is 0 Å². The summed E-state index contributed by atoms with van der Waals surface area (Å²) in [7, 11) is 1.23. The lowest BCUT2D eigenvalue weighted by Crippen LogP contribution is -2.52. The largest absolute Gasteiger partial charge is 0.481 e. The summed E-state index contributed by atoms with van der Waals surface area (Å²) < 4.78 is 4.38. The second kappa shape index (κ2) is 6.23. The Hall–Kier alpha value is -1.79. The van der Waals surface area contributed by atoms with Crippen LogP contribution in [0.4, 0.5) is 4.79 Å². The normalized spacial score (nSPS) is 16.9. The van der Waals surface area contributed by atoms with Crippen molar-refractivity contribution in [3.05, 3.63) is 0 Å². The number of amides is 2. The van der Waals surface area contributed by atoms with Gasteiger partial charge in [-0.2, -0.15) is 0 Å². The fourth-order valence-electron chi connectivity index (χ4n) is 2.20. The maximum absolute atomic E-state index is 11.6. The first-order valence-corrected chi connectivity index (χ1v) is 5.82. The van der Waals surface area contributed by atoms with E-state index in [-0.39, 0.29) is 13.0 Å². The van der Waals surface area contributed by atoms with Gasteiger partial charge in [0, 0.05) is 0 Å². The van der Waals surface area contributed by atoms with Crippen LogP contribution >= 0.6 is 0 Å². The van der Waals surface area contributed by atoms with Crippen LogP contribution in [0.5, 0.6) is 0 Å². The molecule has 1 rings (SSSR count). The van der Waals surface area contributed by atoms with Gasteiger partial charge in [-0.1, -0.05) is 12.8 Å². The van der Waals surface area contributed by atoms with E-state index in [0.717, 1.165) is 12.8 Å². The van der Waals surface area contributed by atoms with Gasteiger partial charge in [-0.05, 0) is 12.8 Å². The van der Waals surface area contributed by atoms with E-state index >= 15 is 0 Å². The van der Waals surface area contributed by atoms with Gasteiger partial charge in [0.25, 0.3) is 0 Å². The molecule has 0 saturated heterocycles. The van der Waals surface area contributed by atoms with Gasteiger partial charge in [-0.15, -0.1) is 0 Å². The molecule has 0 aliphatic heterocycles. The number of rotatable bonds is 5. The Morgan fingerprint density at radius 3 is 2.39 bits per heavy atom. The molecule has 1 saturated carbocycles. The molecule has 0 bridgehead atoms. The number of nitrogens with one attached hydrogen (secondary N) is 2. The average Bonchev–Trinajstić information content (AvgIpc) is 2.73. The van der Waals surface area contributed by atoms with Gasteiger partial charge < -0.3 is 20.5 Å². The van der Waals surface area contributed by atoms with Crippen LogP contribution in [0.25, 0.3) is 0 Å². The number of carboxylic acid groups (broad SMARTS) is 1. The van der Waals surface area contributed by atoms with Gasteiger partial charge in [0.2, 0.25) is 0 Å². The van der Waals surface area contributed by atoms with Crippen molar-refractivity contribution in [3.63, 3.8) is 0 Å². The minimum absolute atomic E-state index is 0.0986. The number of carboxylic acids is 1. The van der Waals surface area contributed by atoms with Crippen LogP contribution < -0.4 is 10.6 Å². The van der Waals surface area contributed by atoms with Crippen molar-refractivity contribution in [2.75, 3.05) is 13.7 Å². The molecule has 1 aliphatic carbocycles. The zero-order valence-electron chi connectivity index (χ0n) is 10.3. The van der Waals surface area contributed by atoms with Crippen LogP contribution in [0.1, 0.15) is 32.1 Å². The molecule has 0 unspecified atom stereocenters. The van der Waals surface area contributed by atoms with Gasteiger partial charge in [0.05, 0.1) is 19.1 Å². The van der Waals surface area contributed by atoms with E-state index in [1.54, 1.807) is 0 Å². The zero-order valence-corrected chi connectivity index (χ0v) is 10.3. The highest BCUT2D eigenvalue weighted by molar-refractivity contribution is 5.81. The molecule has 1 fully saturated rings. The van der Waals surface area contributed by atoms with Crippen LogP contribution in [-0.4, -0.2) is 42.3 Å². The third kappa shape index (κ3) is 4.23. The highest BCUT2D eigenvalue weighted by Gasteiger charge is 2.37. The number of hydrogen-bond donors (Lipinski definition) is 3. The Kier molecular flexibility index (Phi) is 4.94. The molecule has 0 aromatic heterocycles. The Balaban J connectivity index is 2.48. The first-order chi connectivity index (χ1) is 8.47.